The molecule has 7 heteroatoms. The number of carbonyl (C=O) groups is 3. The van der Waals surface area contributed by atoms with Gasteiger partial charge in [-0.2, -0.15) is 0 Å². The Labute approximate surface area is 163 Å². The van der Waals surface area contributed by atoms with Crippen LogP contribution < -0.4 is 10.6 Å². The van der Waals surface area contributed by atoms with Gasteiger partial charge in [0.05, 0.1) is 7.11 Å². The molecule has 2 N–H and O–H groups in total. The van der Waals surface area contributed by atoms with E-state index in [9.17, 15) is 14.4 Å². The number of amides is 2. The number of hydrogen-bond acceptors (Lipinski definition) is 5. The summed E-state index contributed by atoms with van der Waals surface area (Å²) in [7, 11) is 1.30. The third-order valence-electron chi connectivity index (χ3n) is 4.00. The third kappa shape index (κ3) is 12.3. The molecular weight excluding hydrogens is 348 g/mol. The summed E-state index contributed by atoms with van der Waals surface area (Å²) in [5, 5.41) is 5.37. The van der Waals surface area contributed by atoms with Gasteiger partial charge in [-0.05, 0) is 33.6 Å². The summed E-state index contributed by atoms with van der Waals surface area (Å²) < 4.78 is 10.1. The molecule has 0 heterocycles. The van der Waals surface area contributed by atoms with Crippen molar-refractivity contribution in [1.82, 2.24) is 10.6 Å². The lowest BCUT2D eigenvalue weighted by molar-refractivity contribution is -0.145. The van der Waals surface area contributed by atoms with Gasteiger partial charge in [-0.25, -0.2) is 9.59 Å². The molecule has 0 bridgehead atoms. The summed E-state index contributed by atoms with van der Waals surface area (Å²) in [6.07, 6.45) is 5.92. The fourth-order valence-corrected chi connectivity index (χ4v) is 2.58. The fraction of sp³-hybridized carbons (Fsp3) is 0.850. The molecule has 0 aliphatic rings. The zero-order valence-corrected chi connectivity index (χ0v) is 17.9. The number of alkyl carbamates (subject to hydrolysis) is 1. The molecule has 2 atom stereocenters. The van der Waals surface area contributed by atoms with E-state index in [0.717, 1.165) is 38.5 Å². The van der Waals surface area contributed by atoms with E-state index in [1.807, 2.05) is 0 Å². The highest BCUT2D eigenvalue weighted by molar-refractivity contribution is 5.89. The molecule has 0 radical (unpaired) electrons. The highest BCUT2D eigenvalue weighted by Crippen LogP contribution is 2.10. The number of methoxy groups -OCH3 is 1. The first kappa shape index (κ1) is 25.2. The van der Waals surface area contributed by atoms with Gasteiger partial charge in [0.1, 0.15) is 17.7 Å². The van der Waals surface area contributed by atoms with Gasteiger partial charge in [0.25, 0.3) is 0 Å². The Morgan fingerprint density at radius 1 is 0.852 bits per heavy atom. The van der Waals surface area contributed by atoms with E-state index in [1.54, 1.807) is 20.8 Å². The Morgan fingerprint density at radius 3 is 1.81 bits per heavy atom. The van der Waals surface area contributed by atoms with Crippen molar-refractivity contribution in [3.8, 4) is 0 Å². The molecule has 0 rings (SSSR count). The lowest BCUT2D eigenvalue weighted by Crippen LogP contribution is -2.52. The largest absolute Gasteiger partial charge is 0.467 e. The maximum absolute atomic E-state index is 12.7. The predicted molar refractivity (Wildman–Crippen MR) is 105 cm³/mol. The number of rotatable bonds is 12. The second-order valence-electron chi connectivity index (χ2n) is 7.77. The van der Waals surface area contributed by atoms with Crippen LogP contribution in [0.1, 0.15) is 86.0 Å². The van der Waals surface area contributed by atoms with E-state index in [1.165, 1.54) is 7.11 Å². The quantitative estimate of drug-likeness (QED) is 0.394. The zero-order valence-electron chi connectivity index (χ0n) is 17.9. The second kappa shape index (κ2) is 13.4. The van der Waals surface area contributed by atoms with Gasteiger partial charge in [0, 0.05) is 0 Å². The molecule has 1 unspecified atom stereocenters. The van der Waals surface area contributed by atoms with Crippen LogP contribution in [0.2, 0.25) is 0 Å². The van der Waals surface area contributed by atoms with Crippen molar-refractivity contribution in [3.63, 3.8) is 0 Å². The standard InChI is InChI=1S/C20H38N2O5/c1-7-9-11-13-15(22-19(25)27-20(3,4)5)17(23)21-16(18(24)26-6)14-12-10-8-2/h15-16H,7-14H2,1-6H3,(H,21,23)(H,22,25)/t15?,16-/m0/s1. The van der Waals surface area contributed by atoms with E-state index in [-0.39, 0.29) is 5.91 Å². The van der Waals surface area contributed by atoms with Crippen LogP contribution in [0.15, 0.2) is 0 Å². The van der Waals surface area contributed by atoms with Gasteiger partial charge in [-0.1, -0.05) is 52.4 Å². The smallest absolute Gasteiger partial charge is 0.408 e. The highest BCUT2D eigenvalue weighted by Gasteiger charge is 2.28. The Morgan fingerprint density at radius 2 is 1.37 bits per heavy atom. The molecule has 0 aliphatic carbocycles. The predicted octanol–water partition coefficient (Wildman–Crippen LogP) is 3.70. The van der Waals surface area contributed by atoms with Crippen LogP contribution in [0.25, 0.3) is 0 Å². The van der Waals surface area contributed by atoms with Crippen molar-refractivity contribution in [2.24, 2.45) is 0 Å². The number of nitrogens with one attached hydrogen (secondary N) is 2. The SMILES string of the molecule is CCCCCC(NC(=O)OC(C)(C)C)C(=O)N[C@@H](CCCCC)C(=O)OC. The Bertz CT molecular complexity index is 460. The summed E-state index contributed by atoms with van der Waals surface area (Å²) in [5.41, 5.74) is -0.650. The monoisotopic (exact) mass is 386 g/mol. The van der Waals surface area contributed by atoms with Gasteiger partial charge in [0.2, 0.25) is 5.91 Å². The minimum atomic E-state index is -0.746. The Hall–Kier alpha value is -1.79. The number of unbranched alkanes of at least 4 members (excludes halogenated alkanes) is 4. The molecule has 158 valence electrons. The summed E-state index contributed by atoms with van der Waals surface area (Å²) in [5.74, 6) is -0.854. The zero-order chi connectivity index (χ0) is 20.9. The molecule has 27 heavy (non-hydrogen) atoms. The van der Waals surface area contributed by atoms with Crippen LogP contribution >= 0.6 is 0 Å². The molecule has 0 aromatic rings. The maximum atomic E-state index is 12.7. The van der Waals surface area contributed by atoms with Crippen LogP contribution in [0, 0.1) is 0 Å². The molecule has 2 amide bonds. The van der Waals surface area contributed by atoms with Crippen molar-refractivity contribution >= 4 is 18.0 Å². The average Bonchev–Trinajstić information content (AvgIpc) is 2.57. The van der Waals surface area contributed by atoms with Crippen LogP contribution in [-0.4, -0.2) is 42.8 Å². The summed E-state index contributed by atoms with van der Waals surface area (Å²) in [4.78, 5) is 36.8. The van der Waals surface area contributed by atoms with Crippen LogP contribution in [0.3, 0.4) is 0 Å². The van der Waals surface area contributed by atoms with Crippen molar-refractivity contribution < 1.29 is 23.9 Å². The highest BCUT2D eigenvalue weighted by atomic mass is 16.6. The van der Waals surface area contributed by atoms with Crippen LogP contribution in [0.5, 0.6) is 0 Å². The Balaban J connectivity index is 4.99. The molecule has 0 saturated heterocycles. The molecule has 0 saturated carbocycles. The van der Waals surface area contributed by atoms with E-state index < -0.39 is 29.7 Å². The molecule has 7 nitrogen and oxygen atoms in total. The molecule has 0 aromatic carbocycles. The summed E-state index contributed by atoms with van der Waals surface area (Å²) in [6.45, 7) is 9.43. The van der Waals surface area contributed by atoms with E-state index in [0.29, 0.717) is 12.8 Å². The van der Waals surface area contributed by atoms with Gasteiger partial charge in [0.15, 0.2) is 0 Å². The molecule has 0 aromatic heterocycles. The fourth-order valence-electron chi connectivity index (χ4n) is 2.58. The van der Waals surface area contributed by atoms with Crippen LogP contribution in [0.4, 0.5) is 4.79 Å². The topological polar surface area (TPSA) is 93.7 Å². The summed E-state index contributed by atoms with van der Waals surface area (Å²) in [6, 6.07) is -1.45. The number of carbonyl (C=O) groups excluding carboxylic acids is 3. The van der Waals surface area contributed by atoms with Crippen molar-refractivity contribution in [2.75, 3.05) is 7.11 Å². The van der Waals surface area contributed by atoms with E-state index in [2.05, 4.69) is 24.5 Å². The molecule has 0 fully saturated rings. The lowest BCUT2D eigenvalue weighted by Gasteiger charge is -2.25. The van der Waals surface area contributed by atoms with Crippen molar-refractivity contribution in [1.29, 1.82) is 0 Å². The van der Waals surface area contributed by atoms with Gasteiger partial charge in [-0.3, -0.25) is 4.79 Å². The van der Waals surface area contributed by atoms with Crippen LogP contribution in [-0.2, 0) is 19.1 Å². The number of esters is 1. The lowest BCUT2D eigenvalue weighted by atomic mass is 10.1. The van der Waals surface area contributed by atoms with Gasteiger partial charge < -0.3 is 20.1 Å². The molecule has 0 spiro atoms. The minimum absolute atomic E-state index is 0.385. The van der Waals surface area contributed by atoms with E-state index >= 15 is 0 Å². The second-order valence-corrected chi connectivity index (χ2v) is 7.77. The first-order valence-corrected chi connectivity index (χ1v) is 10.0. The summed E-state index contributed by atoms with van der Waals surface area (Å²) >= 11 is 0. The van der Waals surface area contributed by atoms with Crippen molar-refractivity contribution in [2.45, 2.75) is 104 Å². The molecular formula is C20H38N2O5. The molecule has 0 aliphatic heterocycles. The van der Waals surface area contributed by atoms with Gasteiger partial charge in [-0.15, -0.1) is 0 Å². The van der Waals surface area contributed by atoms with E-state index in [4.69, 9.17) is 9.47 Å². The average molecular weight is 387 g/mol. The minimum Gasteiger partial charge on any atom is -0.467 e. The normalized spacial score (nSPS) is 13.4. The van der Waals surface area contributed by atoms with Gasteiger partial charge >= 0.3 is 12.1 Å². The first-order chi connectivity index (χ1) is 12.6. The third-order valence-corrected chi connectivity index (χ3v) is 4.00. The Kier molecular flexibility index (Phi) is 12.5. The number of hydrogen-bond donors (Lipinski definition) is 2. The number of ether oxygens (including phenoxy) is 2. The van der Waals surface area contributed by atoms with Crippen molar-refractivity contribution in [3.05, 3.63) is 0 Å². The maximum Gasteiger partial charge on any atom is 0.408 e. The first-order valence-electron chi connectivity index (χ1n) is 10.0.